The van der Waals surface area contributed by atoms with Crippen LogP contribution in [0.25, 0.3) is 0 Å². The first-order valence-corrected chi connectivity index (χ1v) is 17.3. The molecule has 0 spiro atoms. The maximum atomic E-state index is 12.1. The SMILES string of the molecule is CCCCCCCC/C=C\CCCCCCCC(=O)OCC(O)COC1OC(COC2OC(CO)C(O)C(O)C2O)C(O)C(O)C1O. The molecular formula is C33H60O14. The van der Waals surface area contributed by atoms with Crippen LogP contribution in [0, 0.1) is 0 Å². The minimum atomic E-state index is -1.72. The monoisotopic (exact) mass is 680 g/mol. The van der Waals surface area contributed by atoms with E-state index in [2.05, 4.69) is 19.1 Å². The molecule has 2 rings (SSSR count). The molecule has 0 aromatic rings. The molecule has 14 heteroatoms. The standard InChI is InChI=1S/C33H60O14/c1-2-3-4-5-6-7-8-9-10-11-12-13-14-15-16-17-25(36)43-19-22(35)20-44-32-31(42)29(40)27(38)24(47-32)21-45-33-30(41)28(39)26(37)23(18-34)46-33/h9-10,22-24,26-35,37-42H,2-8,11-21H2,1H3/b10-9-. The summed E-state index contributed by atoms with van der Waals surface area (Å²) < 4.78 is 26.6. The molecule has 2 aliphatic heterocycles. The Kier molecular flexibility index (Phi) is 21.4. The van der Waals surface area contributed by atoms with Crippen molar-refractivity contribution in [3.63, 3.8) is 0 Å². The zero-order valence-electron chi connectivity index (χ0n) is 27.8. The second-order valence-corrected chi connectivity index (χ2v) is 12.5. The van der Waals surface area contributed by atoms with E-state index in [1.54, 1.807) is 0 Å². The normalized spacial score (nSPS) is 32.1. The molecule has 0 aromatic carbocycles. The Morgan fingerprint density at radius 3 is 1.77 bits per heavy atom. The molecule has 11 atom stereocenters. The number of allylic oxidation sites excluding steroid dienone is 2. The molecule has 0 radical (unpaired) electrons. The molecule has 2 aliphatic rings. The van der Waals surface area contributed by atoms with E-state index in [-0.39, 0.29) is 13.0 Å². The number of aliphatic hydroxyl groups excluding tert-OH is 8. The van der Waals surface area contributed by atoms with Gasteiger partial charge in [0, 0.05) is 6.42 Å². The molecule has 2 heterocycles. The minimum absolute atomic E-state index is 0.233. The van der Waals surface area contributed by atoms with E-state index >= 15 is 0 Å². The third kappa shape index (κ3) is 15.4. The largest absolute Gasteiger partial charge is 0.463 e. The van der Waals surface area contributed by atoms with E-state index in [1.807, 2.05) is 0 Å². The van der Waals surface area contributed by atoms with Gasteiger partial charge in [-0.2, -0.15) is 0 Å². The summed E-state index contributed by atoms with van der Waals surface area (Å²) >= 11 is 0. The molecule has 0 aromatic heterocycles. The second-order valence-electron chi connectivity index (χ2n) is 12.5. The van der Waals surface area contributed by atoms with Crippen molar-refractivity contribution in [2.45, 2.75) is 164 Å². The van der Waals surface area contributed by atoms with Gasteiger partial charge in [-0.25, -0.2) is 0 Å². The van der Waals surface area contributed by atoms with Gasteiger partial charge in [0.1, 0.15) is 61.5 Å². The Hall–Kier alpha value is -1.27. The number of aliphatic hydroxyl groups is 8. The fourth-order valence-corrected chi connectivity index (χ4v) is 5.44. The van der Waals surface area contributed by atoms with Crippen LogP contribution in [0.2, 0.25) is 0 Å². The molecule has 0 saturated carbocycles. The van der Waals surface area contributed by atoms with E-state index in [4.69, 9.17) is 23.7 Å². The smallest absolute Gasteiger partial charge is 0.305 e. The highest BCUT2D eigenvalue weighted by atomic mass is 16.7. The Balaban J connectivity index is 1.57. The maximum absolute atomic E-state index is 12.1. The molecular weight excluding hydrogens is 620 g/mol. The molecule has 276 valence electrons. The van der Waals surface area contributed by atoms with E-state index in [0.29, 0.717) is 6.42 Å². The van der Waals surface area contributed by atoms with Crippen molar-refractivity contribution < 1.29 is 69.3 Å². The van der Waals surface area contributed by atoms with Gasteiger partial charge in [0.2, 0.25) is 0 Å². The average molecular weight is 681 g/mol. The maximum Gasteiger partial charge on any atom is 0.305 e. The van der Waals surface area contributed by atoms with Crippen molar-refractivity contribution in [1.29, 1.82) is 0 Å². The highest BCUT2D eigenvalue weighted by molar-refractivity contribution is 5.69. The van der Waals surface area contributed by atoms with Gasteiger partial charge < -0.3 is 64.5 Å². The van der Waals surface area contributed by atoms with Gasteiger partial charge in [0.05, 0.1) is 19.8 Å². The van der Waals surface area contributed by atoms with Crippen molar-refractivity contribution in [2.24, 2.45) is 0 Å². The summed E-state index contributed by atoms with van der Waals surface area (Å²) in [6.07, 6.45) is 3.00. The van der Waals surface area contributed by atoms with Gasteiger partial charge in [-0.05, 0) is 32.1 Å². The third-order valence-corrected chi connectivity index (χ3v) is 8.47. The number of ether oxygens (including phenoxy) is 5. The Morgan fingerprint density at radius 1 is 0.660 bits per heavy atom. The molecule has 8 N–H and O–H groups in total. The number of esters is 1. The summed E-state index contributed by atoms with van der Waals surface area (Å²) in [5.41, 5.74) is 0. The first-order chi connectivity index (χ1) is 22.6. The lowest BCUT2D eigenvalue weighted by Gasteiger charge is -2.42. The van der Waals surface area contributed by atoms with Crippen LogP contribution >= 0.6 is 0 Å². The number of rotatable bonds is 24. The molecule has 47 heavy (non-hydrogen) atoms. The predicted molar refractivity (Wildman–Crippen MR) is 169 cm³/mol. The van der Waals surface area contributed by atoms with E-state index in [9.17, 15) is 45.6 Å². The summed E-state index contributed by atoms with van der Waals surface area (Å²) in [6, 6.07) is 0. The van der Waals surface area contributed by atoms with Gasteiger partial charge in [0.15, 0.2) is 12.6 Å². The number of carbonyl (C=O) groups is 1. The van der Waals surface area contributed by atoms with Crippen molar-refractivity contribution >= 4 is 5.97 Å². The lowest BCUT2D eigenvalue weighted by Crippen LogP contribution is -2.61. The number of hydrogen-bond donors (Lipinski definition) is 8. The lowest BCUT2D eigenvalue weighted by molar-refractivity contribution is -0.332. The van der Waals surface area contributed by atoms with Crippen molar-refractivity contribution in [3.05, 3.63) is 12.2 Å². The van der Waals surface area contributed by atoms with Crippen LogP contribution in [-0.2, 0) is 28.5 Å². The van der Waals surface area contributed by atoms with Crippen LogP contribution in [0.4, 0.5) is 0 Å². The molecule has 0 bridgehead atoms. The van der Waals surface area contributed by atoms with Crippen LogP contribution in [0.1, 0.15) is 96.8 Å². The number of carbonyl (C=O) groups excluding carboxylic acids is 1. The molecule has 14 nitrogen and oxygen atoms in total. The summed E-state index contributed by atoms with van der Waals surface area (Å²) in [6.45, 7) is 0.287. The molecule has 2 fully saturated rings. The average Bonchev–Trinajstić information content (AvgIpc) is 3.06. The van der Waals surface area contributed by atoms with E-state index in [1.165, 1.54) is 38.5 Å². The van der Waals surface area contributed by atoms with E-state index < -0.39 is 93.3 Å². The third-order valence-electron chi connectivity index (χ3n) is 8.47. The minimum Gasteiger partial charge on any atom is -0.463 e. The van der Waals surface area contributed by atoms with Gasteiger partial charge in [-0.15, -0.1) is 0 Å². The highest BCUT2D eigenvalue weighted by Crippen LogP contribution is 2.26. The zero-order chi connectivity index (χ0) is 34.6. The first-order valence-electron chi connectivity index (χ1n) is 17.3. The Bertz CT molecular complexity index is 844. The Morgan fingerprint density at radius 2 is 1.17 bits per heavy atom. The lowest BCUT2D eigenvalue weighted by atomic mass is 9.98. The fourth-order valence-electron chi connectivity index (χ4n) is 5.44. The van der Waals surface area contributed by atoms with Crippen LogP contribution in [0.15, 0.2) is 12.2 Å². The number of unbranched alkanes of at least 4 members (excludes halogenated alkanes) is 11. The Labute approximate surface area is 278 Å². The van der Waals surface area contributed by atoms with Crippen LogP contribution in [0.3, 0.4) is 0 Å². The number of hydrogen-bond acceptors (Lipinski definition) is 14. The summed E-state index contributed by atoms with van der Waals surface area (Å²) in [5.74, 6) is -0.445. The first kappa shape index (κ1) is 41.9. The van der Waals surface area contributed by atoms with Crippen molar-refractivity contribution in [1.82, 2.24) is 0 Å². The fraction of sp³-hybridized carbons (Fsp3) is 0.909. The van der Waals surface area contributed by atoms with Crippen molar-refractivity contribution in [2.75, 3.05) is 26.4 Å². The second kappa shape index (κ2) is 24.0. The summed E-state index contributed by atoms with van der Waals surface area (Å²) in [4.78, 5) is 12.1. The van der Waals surface area contributed by atoms with Crippen LogP contribution in [0.5, 0.6) is 0 Å². The van der Waals surface area contributed by atoms with Gasteiger partial charge in [0.25, 0.3) is 0 Å². The predicted octanol–water partition coefficient (Wildman–Crippen LogP) is 0.569. The molecule has 0 amide bonds. The summed E-state index contributed by atoms with van der Waals surface area (Å²) in [7, 11) is 0. The van der Waals surface area contributed by atoms with Crippen LogP contribution < -0.4 is 0 Å². The van der Waals surface area contributed by atoms with Gasteiger partial charge in [-0.3, -0.25) is 4.79 Å². The summed E-state index contributed by atoms with van der Waals surface area (Å²) in [5, 5.41) is 80.3. The highest BCUT2D eigenvalue weighted by Gasteiger charge is 2.47. The molecule has 11 unspecified atom stereocenters. The van der Waals surface area contributed by atoms with Crippen LogP contribution in [-0.4, -0.2) is 141 Å². The van der Waals surface area contributed by atoms with E-state index in [0.717, 1.165) is 38.5 Å². The quantitative estimate of drug-likeness (QED) is 0.0397. The molecule has 0 aliphatic carbocycles. The van der Waals surface area contributed by atoms with Gasteiger partial charge in [-0.1, -0.05) is 70.4 Å². The molecule has 2 saturated heterocycles. The van der Waals surface area contributed by atoms with Crippen molar-refractivity contribution in [3.8, 4) is 0 Å². The topological polar surface area (TPSA) is 225 Å². The van der Waals surface area contributed by atoms with Gasteiger partial charge >= 0.3 is 5.97 Å². The zero-order valence-corrected chi connectivity index (χ0v) is 27.8.